The Labute approximate surface area is 161 Å². The van der Waals surface area contributed by atoms with E-state index in [1.54, 1.807) is 6.08 Å². The maximum absolute atomic E-state index is 11.6. The van der Waals surface area contributed by atoms with E-state index >= 15 is 0 Å². The van der Waals surface area contributed by atoms with Crippen molar-refractivity contribution in [2.75, 3.05) is 12.4 Å². The number of nitrogens with zero attached hydrogens (tertiary/aromatic N) is 3. The van der Waals surface area contributed by atoms with Crippen LogP contribution in [0.3, 0.4) is 0 Å². The third-order valence-corrected chi connectivity index (χ3v) is 4.81. The number of benzene rings is 1. The van der Waals surface area contributed by atoms with E-state index in [0.29, 0.717) is 24.6 Å². The Morgan fingerprint density at radius 3 is 2.78 bits per heavy atom. The van der Waals surface area contributed by atoms with Crippen LogP contribution >= 0.6 is 11.8 Å². The molecular weight excluding hydrogens is 366 g/mol. The molecular formula is C18H21N5O3S. The van der Waals surface area contributed by atoms with Crippen molar-refractivity contribution in [2.45, 2.75) is 31.0 Å². The number of carbonyl (C=O) groups is 2. The van der Waals surface area contributed by atoms with Crippen molar-refractivity contribution in [2.24, 2.45) is 0 Å². The summed E-state index contributed by atoms with van der Waals surface area (Å²) in [7, 11) is 0. The molecule has 1 aliphatic heterocycles. The minimum Gasteiger partial charge on any atom is -0.494 e. The smallest absolute Gasteiger partial charge is 0.321 e. The number of thioether (sulfide) groups is 1. The predicted octanol–water partition coefficient (Wildman–Crippen LogP) is 2.08. The van der Waals surface area contributed by atoms with Gasteiger partial charge in [0.25, 0.3) is 0 Å². The highest BCUT2D eigenvalue weighted by atomic mass is 32.2. The molecule has 0 bridgehead atoms. The maximum atomic E-state index is 11.6. The van der Waals surface area contributed by atoms with Crippen LogP contribution in [0.25, 0.3) is 5.69 Å². The standard InChI is InChI=1S/C18H21N5O3S/c1-3-9-27-18-22-21-15(10-12-11-16(24)20-17(25)19-12)23(18)13-5-7-14(8-6-13)26-4-2/h3,5-8,12H,1,4,9-11H2,2H3,(H2,19,20,24,25). The molecule has 1 atom stereocenters. The molecule has 8 nitrogen and oxygen atoms in total. The number of nitrogens with one attached hydrogen (secondary N) is 2. The van der Waals surface area contributed by atoms with Crippen LogP contribution in [0.5, 0.6) is 5.75 Å². The average Bonchev–Trinajstić information content (AvgIpc) is 3.02. The van der Waals surface area contributed by atoms with Crippen LogP contribution in [0.2, 0.25) is 0 Å². The van der Waals surface area contributed by atoms with Crippen LogP contribution in [0, 0.1) is 0 Å². The summed E-state index contributed by atoms with van der Waals surface area (Å²) < 4.78 is 7.43. The lowest BCUT2D eigenvalue weighted by atomic mass is 10.1. The van der Waals surface area contributed by atoms with Crippen molar-refractivity contribution in [3.05, 3.63) is 42.7 Å². The van der Waals surface area contributed by atoms with Crippen LogP contribution in [-0.2, 0) is 11.2 Å². The van der Waals surface area contributed by atoms with Crippen LogP contribution in [0.4, 0.5) is 4.79 Å². The highest BCUT2D eigenvalue weighted by Crippen LogP contribution is 2.25. The van der Waals surface area contributed by atoms with Crippen molar-refractivity contribution in [3.63, 3.8) is 0 Å². The Bertz CT molecular complexity index is 818. The van der Waals surface area contributed by atoms with Crippen molar-refractivity contribution in [1.82, 2.24) is 25.4 Å². The summed E-state index contributed by atoms with van der Waals surface area (Å²) >= 11 is 1.51. The molecule has 0 radical (unpaired) electrons. The molecule has 1 saturated heterocycles. The Hall–Kier alpha value is -2.81. The lowest BCUT2D eigenvalue weighted by molar-refractivity contribution is -0.121. The number of ether oxygens (including phenoxy) is 1. The molecule has 2 aromatic rings. The van der Waals surface area contributed by atoms with Gasteiger partial charge in [0.2, 0.25) is 5.91 Å². The van der Waals surface area contributed by atoms with Crippen molar-refractivity contribution in [1.29, 1.82) is 0 Å². The van der Waals surface area contributed by atoms with Crippen molar-refractivity contribution < 1.29 is 14.3 Å². The number of imide groups is 1. The molecule has 3 rings (SSSR count). The van der Waals surface area contributed by atoms with Gasteiger partial charge < -0.3 is 10.1 Å². The zero-order valence-corrected chi connectivity index (χ0v) is 15.8. The molecule has 142 valence electrons. The lowest BCUT2D eigenvalue weighted by Crippen LogP contribution is -2.53. The van der Waals surface area contributed by atoms with Crippen molar-refractivity contribution in [3.8, 4) is 11.4 Å². The third-order valence-electron chi connectivity index (χ3n) is 3.89. The van der Waals surface area contributed by atoms with E-state index in [9.17, 15) is 9.59 Å². The third kappa shape index (κ3) is 4.68. The summed E-state index contributed by atoms with van der Waals surface area (Å²) in [6.45, 7) is 6.27. The molecule has 1 fully saturated rings. The van der Waals surface area contributed by atoms with Crippen LogP contribution in [0.1, 0.15) is 19.2 Å². The second-order valence-electron chi connectivity index (χ2n) is 5.89. The first kappa shape index (κ1) is 19.0. The summed E-state index contributed by atoms with van der Waals surface area (Å²) in [5.74, 6) is 1.85. The van der Waals surface area contributed by atoms with E-state index in [0.717, 1.165) is 16.6 Å². The topological polar surface area (TPSA) is 98.1 Å². The van der Waals surface area contributed by atoms with E-state index in [2.05, 4.69) is 27.4 Å². The average molecular weight is 387 g/mol. The highest BCUT2D eigenvalue weighted by Gasteiger charge is 2.26. The van der Waals surface area contributed by atoms with Gasteiger partial charge in [-0.2, -0.15) is 0 Å². The van der Waals surface area contributed by atoms with E-state index in [1.807, 2.05) is 35.8 Å². The lowest BCUT2D eigenvalue weighted by Gasteiger charge is -2.23. The molecule has 2 heterocycles. The SMILES string of the molecule is C=CCSc1nnc(CC2CC(=O)NC(=O)N2)n1-c1ccc(OCC)cc1. The predicted molar refractivity (Wildman–Crippen MR) is 102 cm³/mol. The normalized spacial score (nSPS) is 16.6. The van der Waals surface area contributed by atoms with Gasteiger partial charge in [-0.15, -0.1) is 16.8 Å². The maximum Gasteiger partial charge on any atom is 0.321 e. The molecule has 1 aromatic heterocycles. The van der Waals surface area contributed by atoms with Gasteiger partial charge in [0, 0.05) is 30.3 Å². The van der Waals surface area contributed by atoms with Gasteiger partial charge in [0.1, 0.15) is 11.6 Å². The molecule has 1 aliphatic rings. The van der Waals surface area contributed by atoms with Gasteiger partial charge in [-0.05, 0) is 31.2 Å². The number of rotatable bonds is 8. The fraction of sp³-hybridized carbons (Fsp3) is 0.333. The van der Waals surface area contributed by atoms with E-state index < -0.39 is 6.03 Å². The molecule has 3 amide bonds. The number of hydrogen-bond acceptors (Lipinski definition) is 6. The molecule has 1 aromatic carbocycles. The van der Waals surface area contributed by atoms with E-state index in [1.165, 1.54) is 11.8 Å². The molecule has 0 saturated carbocycles. The van der Waals surface area contributed by atoms with Crippen LogP contribution in [0.15, 0.2) is 42.1 Å². The molecule has 27 heavy (non-hydrogen) atoms. The number of hydrogen-bond donors (Lipinski definition) is 2. The zero-order valence-electron chi connectivity index (χ0n) is 15.0. The number of carbonyl (C=O) groups excluding carboxylic acids is 2. The second-order valence-corrected chi connectivity index (χ2v) is 6.87. The molecule has 0 spiro atoms. The molecule has 2 N–H and O–H groups in total. The molecule has 9 heteroatoms. The van der Waals surface area contributed by atoms with Gasteiger partial charge in [-0.1, -0.05) is 17.8 Å². The Kier molecular flexibility index (Phi) is 6.12. The summed E-state index contributed by atoms with van der Waals surface area (Å²) in [4.78, 5) is 23.2. The fourth-order valence-corrected chi connectivity index (χ4v) is 3.50. The quantitative estimate of drug-likeness (QED) is 0.532. The largest absolute Gasteiger partial charge is 0.494 e. The summed E-state index contributed by atoms with van der Waals surface area (Å²) in [6.07, 6.45) is 2.40. The molecule has 0 aliphatic carbocycles. The molecule has 1 unspecified atom stereocenters. The minimum atomic E-state index is -0.482. The van der Waals surface area contributed by atoms with Gasteiger partial charge in [-0.25, -0.2) is 4.79 Å². The van der Waals surface area contributed by atoms with Crippen LogP contribution < -0.4 is 15.4 Å². The summed E-state index contributed by atoms with van der Waals surface area (Å²) in [5.41, 5.74) is 0.886. The Morgan fingerprint density at radius 2 is 2.11 bits per heavy atom. The van der Waals surface area contributed by atoms with E-state index in [-0.39, 0.29) is 18.4 Å². The summed E-state index contributed by atoms with van der Waals surface area (Å²) in [6, 6.07) is 6.84. The second kappa shape index (κ2) is 8.72. The first-order valence-electron chi connectivity index (χ1n) is 8.62. The number of urea groups is 1. The Balaban J connectivity index is 1.89. The summed E-state index contributed by atoms with van der Waals surface area (Å²) in [5, 5.41) is 14.3. The zero-order chi connectivity index (χ0) is 19.2. The van der Waals surface area contributed by atoms with Gasteiger partial charge >= 0.3 is 6.03 Å². The first-order chi connectivity index (χ1) is 13.1. The van der Waals surface area contributed by atoms with Crippen molar-refractivity contribution >= 4 is 23.7 Å². The fourth-order valence-electron chi connectivity index (χ4n) is 2.79. The monoisotopic (exact) mass is 387 g/mol. The van der Waals surface area contributed by atoms with Crippen LogP contribution in [-0.4, -0.2) is 45.1 Å². The van der Waals surface area contributed by atoms with E-state index in [4.69, 9.17) is 4.74 Å². The highest BCUT2D eigenvalue weighted by molar-refractivity contribution is 7.99. The Morgan fingerprint density at radius 1 is 1.33 bits per heavy atom. The van der Waals surface area contributed by atoms with Gasteiger partial charge in [0.15, 0.2) is 5.16 Å². The number of aromatic nitrogens is 3. The van der Waals surface area contributed by atoms with Gasteiger partial charge in [0.05, 0.1) is 6.61 Å². The first-order valence-corrected chi connectivity index (χ1v) is 9.60. The van der Waals surface area contributed by atoms with Gasteiger partial charge in [-0.3, -0.25) is 14.7 Å². The minimum absolute atomic E-state index is 0.205. The number of amides is 3.